The molecule has 0 aliphatic carbocycles. The minimum absolute atomic E-state index is 0.0492. The molecule has 1 aromatic carbocycles. The first-order chi connectivity index (χ1) is 9.18. The Bertz CT molecular complexity index is 527. The molecule has 2 heteroatoms. The van der Waals surface area contributed by atoms with Crippen LogP contribution in [0.15, 0.2) is 41.1 Å². The van der Waals surface area contributed by atoms with Gasteiger partial charge in [-0.25, -0.2) is 4.99 Å². The van der Waals surface area contributed by atoms with Gasteiger partial charge in [0.05, 0.1) is 0 Å². The molecular weight excluding hydrogens is 246 g/mol. The minimum Gasteiger partial charge on any atom is -0.445 e. The molecule has 1 heterocycles. The predicted octanol–water partition coefficient (Wildman–Crippen LogP) is 4.92. The second-order valence-corrected chi connectivity index (χ2v) is 7.51. The maximum Gasteiger partial charge on any atom is 0.195 e. The van der Waals surface area contributed by atoms with Crippen LogP contribution in [0, 0.1) is 10.8 Å². The maximum absolute atomic E-state index is 6.08. The Morgan fingerprint density at radius 2 is 1.60 bits per heavy atom. The van der Waals surface area contributed by atoms with Crippen LogP contribution >= 0.6 is 0 Å². The maximum atomic E-state index is 6.08. The van der Waals surface area contributed by atoms with Crippen molar-refractivity contribution in [3.8, 4) is 0 Å². The zero-order valence-electron chi connectivity index (χ0n) is 13.4. The lowest BCUT2D eigenvalue weighted by Gasteiger charge is -2.23. The highest BCUT2D eigenvalue weighted by Crippen LogP contribution is 2.37. The number of rotatable bonds is 1. The van der Waals surface area contributed by atoms with Crippen molar-refractivity contribution >= 4 is 12.0 Å². The van der Waals surface area contributed by atoms with Crippen LogP contribution < -0.4 is 0 Å². The quantitative estimate of drug-likeness (QED) is 0.710. The second kappa shape index (κ2) is 5.08. The van der Waals surface area contributed by atoms with E-state index in [9.17, 15) is 0 Å². The molecule has 0 radical (unpaired) electrons. The third-order valence-electron chi connectivity index (χ3n) is 3.30. The van der Waals surface area contributed by atoms with Gasteiger partial charge >= 0.3 is 0 Å². The molecule has 108 valence electrons. The standard InChI is InChI=1S/C18H25NO/c1-17(2,3)15-14(12-13-10-8-7-9-11-13)20-16(19-15)18(4,5)6/h7-12,15H,1-6H3/b14-12-. The van der Waals surface area contributed by atoms with Gasteiger partial charge in [0.15, 0.2) is 5.90 Å². The summed E-state index contributed by atoms with van der Waals surface area (Å²) in [6.07, 6.45) is 2.11. The van der Waals surface area contributed by atoms with Gasteiger partial charge in [0, 0.05) is 5.41 Å². The Morgan fingerprint density at radius 1 is 1.00 bits per heavy atom. The highest BCUT2D eigenvalue weighted by molar-refractivity contribution is 5.85. The molecule has 2 rings (SSSR count). The minimum atomic E-state index is -0.0597. The second-order valence-electron chi connectivity index (χ2n) is 7.51. The molecule has 0 saturated carbocycles. The van der Waals surface area contributed by atoms with Crippen LogP contribution in [-0.2, 0) is 4.74 Å². The third kappa shape index (κ3) is 3.30. The molecule has 1 unspecified atom stereocenters. The van der Waals surface area contributed by atoms with Gasteiger partial charge in [-0.2, -0.15) is 0 Å². The van der Waals surface area contributed by atoms with Gasteiger partial charge in [-0.3, -0.25) is 0 Å². The molecule has 0 aromatic heterocycles. The van der Waals surface area contributed by atoms with Crippen molar-refractivity contribution < 1.29 is 4.74 Å². The molecular formula is C18H25NO. The summed E-state index contributed by atoms with van der Waals surface area (Å²) in [7, 11) is 0. The summed E-state index contributed by atoms with van der Waals surface area (Å²) < 4.78 is 6.08. The summed E-state index contributed by atoms with van der Waals surface area (Å²) in [5.74, 6) is 1.79. The normalized spacial score (nSPS) is 21.8. The fourth-order valence-corrected chi connectivity index (χ4v) is 2.16. The van der Waals surface area contributed by atoms with Crippen molar-refractivity contribution in [2.45, 2.75) is 47.6 Å². The molecule has 0 N–H and O–H groups in total. The molecule has 0 saturated heterocycles. The van der Waals surface area contributed by atoms with Crippen LogP contribution in [0.1, 0.15) is 47.1 Å². The highest BCUT2D eigenvalue weighted by atomic mass is 16.5. The number of aliphatic imine (C=N–C) groups is 1. The van der Waals surface area contributed by atoms with Gasteiger partial charge in [-0.1, -0.05) is 71.9 Å². The first kappa shape index (κ1) is 14.8. The molecule has 1 aliphatic rings. The third-order valence-corrected chi connectivity index (χ3v) is 3.30. The van der Waals surface area contributed by atoms with Crippen molar-refractivity contribution in [3.63, 3.8) is 0 Å². The lowest BCUT2D eigenvalue weighted by molar-refractivity contribution is 0.297. The number of ether oxygens (including phenoxy) is 1. The van der Waals surface area contributed by atoms with Crippen LogP contribution in [0.4, 0.5) is 0 Å². The van der Waals surface area contributed by atoms with Crippen LogP contribution in [0.3, 0.4) is 0 Å². The molecule has 1 aromatic rings. The molecule has 0 amide bonds. The first-order valence-electron chi connectivity index (χ1n) is 7.21. The van der Waals surface area contributed by atoms with E-state index in [0.717, 1.165) is 17.2 Å². The number of hydrogen-bond acceptors (Lipinski definition) is 2. The van der Waals surface area contributed by atoms with E-state index in [4.69, 9.17) is 9.73 Å². The summed E-state index contributed by atoms with van der Waals surface area (Å²) in [4.78, 5) is 4.83. The topological polar surface area (TPSA) is 21.6 Å². The Hall–Kier alpha value is -1.57. The van der Waals surface area contributed by atoms with Crippen LogP contribution in [0.2, 0.25) is 0 Å². The average Bonchev–Trinajstić information content (AvgIpc) is 2.74. The van der Waals surface area contributed by atoms with Gasteiger partial charge in [-0.05, 0) is 17.1 Å². The predicted molar refractivity (Wildman–Crippen MR) is 85.6 cm³/mol. The van der Waals surface area contributed by atoms with E-state index in [2.05, 4.69) is 59.8 Å². The molecule has 2 nitrogen and oxygen atoms in total. The smallest absolute Gasteiger partial charge is 0.195 e. The SMILES string of the molecule is CC(C)(C)C1=NC(C(C)(C)C)/C(=C/c2ccccc2)O1. The number of hydrogen-bond donors (Lipinski definition) is 0. The fourth-order valence-electron chi connectivity index (χ4n) is 2.16. The molecule has 0 bridgehead atoms. The summed E-state index contributed by atoms with van der Waals surface area (Å²) in [5.41, 5.74) is 1.14. The molecule has 20 heavy (non-hydrogen) atoms. The van der Waals surface area contributed by atoms with E-state index in [0.29, 0.717) is 0 Å². The van der Waals surface area contributed by atoms with Crippen LogP contribution in [-0.4, -0.2) is 11.9 Å². The zero-order chi connectivity index (χ0) is 15.0. The Labute approximate surface area is 122 Å². The van der Waals surface area contributed by atoms with Crippen LogP contribution in [0.5, 0.6) is 0 Å². The van der Waals surface area contributed by atoms with Crippen LogP contribution in [0.25, 0.3) is 6.08 Å². The van der Waals surface area contributed by atoms with Crippen molar-refractivity contribution in [3.05, 3.63) is 41.7 Å². The molecule has 1 aliphatic heterocycles. The zero-order valence-corrected chi connectivity index (χ0v) is 13.4. The lowest BCUT2D eigenvalue weighted by Crippen LogP contribution is -2.24. The van der Waals surface area contributed by atoms with Crippen molar-refractivity contribution in [2.24, 2.45) is 15.8 Å². The van der Waals surface area contributed by atoms with Gasteiger partial charge in [-0.15, -0.1) is 0 Å². The Morgan fingerprint density at radius 3 is 2.10 bits per heavy atom. The first-order valence-corrected chi connectivity index (χ1v) is 7.21. The Balaban J connectivity index is 2.37. The lowest BCUT2D eigenvalue weighted by atomic mass is 9.85. The van der Waals surface area contributed by atoms with Gasteiger partial charge < -0.3 is 4.74 Å². The molecule has 0 spiro atoms. The summed E-state index contributed by atoms with van der Waals surface area (Å²) in [6.45, 7) is 13.0. The van der Waals surface area contributed by atoms with Crippen molar-refractivity contribution in [1.82, 2.24) is 0 Å². The summed E-state index contributed by atoms with van der Waals surface area (Å²) >= 11 is 0. The largest absolute Gasteiger partial charge is 0.445 e. The number of benzene rings is 1. The monoisotopic (exact) mass is 271 g/mol. The van der Waals surface area contributed by atoms with Gasteiger partial charge in [0.25, 0.3) is 0 Å². The van der Waals surface area contributed by atoms with E-state index in [1.165, 1.54) is 0 Å². The average molecular weight is 271 g/mol. The van der Waals surface area contributed by atoms with E-state index >= 15 is 0 Å². The van der Waals surface area contributed by atoms with Gasteiger partial charge in [0.2, 0.25) is 0 Å². The van der Waals surface area contributed by atoms with Crippen molar-refractivity contribution in [1.29, 1.82) is 0 Å². The number of nitrogens with zero attached hydrogens (tertiary/aromatic N) is 1. The van der Waals surface area contributed by atoms with E-state index in [1.54, 1.807) is 0 Å². The Kier molecular flexibility index (Phi) is 3.77. The fraction of sp³-hybridized carbons (Fsp3) is 0.500. The van der Waals surface area contributed by atoms with E-state index < -0.39 is 0 Å². The molecule has 0 fully saturated rings. The van der Waals surface area contributed by atoms with Gasteiger partial charge in [0.1, 0.15) is 11.8 Å². The van der Waals surface area contributed by atoms with E-state index in [-0.39, 0.29) is 16.9 Å². The summed E-state index contributed by atoms with van der Waals surface area (Å²) in [6, 6.07) is 10.4. The highest BCUT2D eigenvalue weighted by Gasteiger charge is 2.38. The molecule has 1 atom stereocenters. The summed E-state index contributed by atoms with van der Waals surface area (Å²) in [5, 5.41) is 0. The van der Waals surface area contributed by atoms with Crippen molar-refractivity contribution in [2.75, 3.05) is 0 Å². The van der Waals surface area contributed by atoms with E-state index in [1.807, 2.05) is 18.2 Å².